The maximum absolute atomic E-state index is 14.3. The van der Waals surface area contributed by atoms with Crippen molar-refractivity contribution in [3.05, 3.63) is 29.6 Å². The van der Waals surface area contributed by atoms with Gasteiger partial charge < -0.3 is 15.6 Å². The molecule has 2 rings (SSSR count). The van der Waals surface area contributed by atoms with Gasteiger partial charge in [-0.25, -0.2) is 4.39 Å². The van der Waals surface area contributed by atoms with Gasteiger partial charge in [-0.15, -0.1) is 0 Å². The Morgan fingerprint density at radius 3 is 2.75 bits per heavy atom. The predicted octanol–water partition coefficient (Wildman–Crippen LogP) is 2.81. The molecule has 1 aliphatic carbocycles. The van der Waals surface area contributed by atoms with Crippen molar-refractivity contribution >= 4 is 0 Å². The van der Waals surface area contributed by atoms with Crippen molar-refractivity contribution < 1.29 is 14.2 Å². The average molecular weight is 281 g/mol. The van der Waals surface area contributed by atoms with Crippen molar-refractivity contribution in [1.29, 1.82) is 0 Å². The van der Waals surface area contributed by atoms with Crippen LogP contribution in [-0.4, -0.2) is 18.8 Å². The van der Waals surface area contributed by atoms with Crippen molar-refractivity contribution in [2.45, 2.75) is 38.7 Å². The van der Waals surface area contributed by atoms with E-state index in [0.29, 0.717) is 18.2 Å². The summed E-state index contributed by atoms with van der Waals surface area (Å²) >= 11 is 0. The molecule has 112 valence electrons. The number of aliphatic hydroxyl groups is 1. The van der Waals surface area contributed by atoms with Crippen LogP contribution in [0.2, 0.25) is 0 Å². The summed E-state index contributed by atoms with van der Waals surface area (Å²) in [6.07, 6.45) is 2.60. The molecule has 1 fully saturated rings. The van der Waals surface area contributed by atoms with Crippen LogP contribution in [0, 0.1) is 17.2 Å². The zero-order chi connectivity index (χ0) is 15.0. The molecule has 3 nitrogen and oxygen atoms in total. The van der Waals surface area contributed by atoms with Gasteiger partial charge in [0.2, 0.25) is 0 Å². The largest absolute Gasteiger partial charge is 0.496 e. The first-order chi connectivity index (χ1) is 9.38. The number of hydrogen-bond donors (Lipinski definition) is 2. The van der Waals surface area contributed by atoms with Gasteiger partial charge in [-0.05, 0) is 44.2 Å². The van der Waals surface area contributed by atoms with Crippen LogP contribution < -0.4 is 10.5 Å². The molecule has 1 aromatic rings. The van der Waals surface area contributed by atoms with Crippen molar-refractivity contribution in [2.24, 2.45) is 17.1 Å². The third kappa shape index (κ3) is 2.21. The number of nitrogens with two attached hydrogens (primary N) is 1. The number of methoxy groups -OCH3 is 1. The molecule has 0 saturated heterocycles. The molecule has 3 atom stereocenters. The van der Waals surface area contributed by atoms with Crippen LogP contribution in [0.15, 0.2) is 18.2 Å². The fourth-order valence-electron chi connectivity index (χ4n) is 3.63. The molecule has 3 unspecified atom stereocenters. The van der Waals surface area contributed by atoms with Crippen LogP contribution in [0.4, 0.5) is 4.39 Å². The summed E-state index contributed by atoms with van der Waals surface area (Å²) in [6.45, 7) is 4.15. The molecule has 20 heavy (non-hydrogen) atoms. The molecule has 0 heterocycles. The molecule has 0 bridgehead atoms. The van der Waals surface area contributed by atoms with Gasteiger partial charge in [-0.2, -0.15) is 0 Å². The van der Waals surface area contributed by atoms with Crippen molar-refractivity contribution in [3.8, 4) is 5.75 Å². The molecule has 1 saturated carbocycles. The Morgan fingerprint density at radius 1 is 1.55 bits per heavy atom. The lowest BCUT2D eigenvalue weighted by atomic mass is 9.67. The first-order valence-corrected chi connectivity index (χ1v) is 7.13. The highest BCUT2D eigenvalue weighted by Crippen LogP contribution is 2.54. The lowest BCUT2D eigenvalue weighted by Crippen LogP contribution is -2.47. The van der Waals surface area contributed by atoms with Gasteiger partial charge in [0, 0.05) is 12.0 Å². The summed E-state index contributed by atoms with van der Waals surface area (Å²) < 4.78 is 19.6. The predicted molar refractivity (Wildman–Crippen MR) is 77.0 cm³/mol. The highest BCUT2D eigenvalue weighted by Gasteiger charge is 2.52. The van der Waals surface area contributed by atoms with Crippen molar-refractivity contribution in [2.75, 3.05) is 13.7 Å². The quantitative estimate of drug-likeness (QED) is 0.892. The van der Waals surface area contributed by atoms with E-state index in [-0.39, 0.29) is 5.56 Å². The summed E-state index contributed by atoms with van der Waals surface area (Å²) in [5, 5.41) is 11.1. The van der Waals surface area contributed by atoms with Crippen LogP contribution in [0.25, 0.3) is 0 Å². The minimum Gasteiger partial charge on any atom is -0.496 e. The van der Waals surface area contributed by atoms with E-state index in [9.17, 15) is 9.50 Å². The van der Waals surface area contributed by atoms with E-state index in [1.165, 1.54) is 13.2 Å². The summed E-state index contributed by atoms with van der Waals surface area (Å²) in [5.41, 5.74) is 4.35. The third-order valence-electron chi connectivity index (χ3n) is 4.96. The topological polar surface area (TPSA) is 55.5 Å². The van der Waals surface area contributed by atoms with E-state index in [0.717, 1.165) is 19.3 Å². The van der Waals surface area contributed by atoms with Gasteiger partial charge in [-0.3, -0.25) is 0 Å². The molecule has 1 aliphatic rings. The molecule has 0 spiro atoms. The highest BCUT2D eigenvalue weighted by atomic mass is 19.1. The Hall–Kier alpha value is -1.13. The van der Waals surface area contributed by atoms with Crippen LogP contribution in [0.3, 0.4) is 0 Å². The zero-order valence-electron chi connectivity index (χ0n) is 12.4. The van der Waals surface area contributed by atoms with Crippen molar-refractivity contribution in [1.82, 2.24) is 0 Å². The summed E-state index contributed by atoms with van der Waals surface area (Å²) in [7, 11) is 1.49. The second-order valence-electron chi connectivity index (χ2n) is 6.22. The Morgan fingerprint density at radius 2 is 2.25 bits per heavy atom. The molecular formula is C16H24FNO2. The minimum atomic E-state index is -1.34. The van der Waals surface area contributed by atoms with Crippen LogP contribution >= 0.6 is 0 Å². The number of halogens is 1. The number of benzene rings is 1. The van der Waals surface area contributed by atoms with Crippen LogP contribution in [-0.2, 0) is 5.60 Å². The Balaban J connectivity index is 2.54. The molecule has 0 aromatic heterocycles. The Kier molecular flexibility index (Phi) is 4.07. The molecule has 3 N–H and O–H groups in total. The van der Waals surface area contributed by atoms with E-state index >= 15 is 0 Å². The fraction of sp³-hybridized carbons (Fsp3) is 0.625. The van der Waals surface area contributed by atoms with Gasteiger partial charge in [0.05, 0.1) is 12.7 Å². The van der Waals surface area contributed by atoms with E-state index in [4.69, 9.17) is 10.5 Å². The molecule has 0 amide bonds. The second kappa shape index (κ2) is 5.34. The summed E-state index contributed by atoms with van der Waals surface area (Å²) in [4.78, 5) is 0. The molecule has 4 heteroatoms. The maximum atomic E-state index is 14.3. The van der Waals surface area contributed by atoms with Gasteiger partial charge in [0.1, 0.15) is 17.2 Å². The normalized spacial score (nSPS) is 29.2. The van der Waals surface area contributed by atoms with Gasteiger partial charge in [-0.1, -0.05) is 13.0 Å². The van der Waals surface area contributed by atoms with Gasteiger partial charge >= 0.3 is 0 Å². The monoisotopic (exact) mass is 281 g/mol. The zero-order valence-corrected chi connectivity index (χ0v) is 12.4. The fourth-order valence-corrected chi connectivity index (χ4v) is 3.63. The molecule has 0 aliphatic heterocycles. The SMILES string of the molecule is COc1cccc(F)c1C(C)(O)C1(CN)CCC(C)C1. The van der Waals surface area contributed by atoms with Gasteiger partial charge in [0.15, 0.2) is 0 Å². The van der Waals surface area contributed by atoms with Crippen LogP contribution in [0.5, 0.6) is 5.75 Å². The standard InChI is InChI=1S/C16H24FNO2/c1-11-7-8-16(9-11,10-18)15(2,19)14-12(17)5-4-6-13(14)20-3/h4-6,11,19H,7-10,18H2,1-3H3. The molecule has 1 aromatic carbocycles. The number of rotatable bonds is 4. The van der Waals surface area contributed by atoms with E-state index in [1.807, 2.05) is 0 Å². The van der Waals surface area contributed by atoms with E-state index < -0.39 is 16.8 Å². The Bertz CT molecular complexity index is 489. The van der Waals surface area contributed by atoms with Gasteiger partial charge in [0.25, 0.3) is 0 Å². The minimum absolute atomic E-state index is 0.224. The third-order valence-corrected chi connectivity index (χ3v) is 4.96. The van der Waals surface area contributed by atoms with E-state index in [1.54, 1.807) is 19.1 Å². The Labute approximate surface area is 119 Å². The second-order valence-corrected chi connectivity index (χ2v) is 6.22. The first kappa shape index (κ1) is 15.3. The number of hydrogen-bond acceptors (Lipinski definition) is 3. The summed E-state index contributed by atoms with van der Waals surface area (Å²) in [5.74, 6) is 0.423. The molecule has 0 radical (unpaired) electrons. The first-order valence-electron chi connectivity index (χ1n) is 7.13. The summed E-state index contributed by atoms with van der Waals surface area (Å²) in [6, 6.07) is 4.62. The number of ether oxygens (including phenoxy) is 1. The maximum Gasteiger partial charge on any atom is 0.133 e. The average Bonchev–Trinajstić information content (AvgIpc) is 2.81. The smallest absolute Gasteiger partial charge is 0.133 e. The lowest BCUT2D eigenvalue weighted by Gasteiger charge is -2.43. The van der Waals surface area contributed by atoms with Crippen molar-refractivity contribution in [3.63, 3.8) is 0 Å². The molecular weight excluding hydrogens is 257 g/mol. The highest BCUT2D eigenvalue weighted by molar-refractivity contribution is 5.40. The van der Waals surface area contributed by atoms with E-state index in [2.05, 4.69) is 6.92 Å². The van der Waals surface area contributed by atoms with Crippen LogP contribution in [0.1, 0.15) is 38.7 Å². The lowest BCUT2D eigenvalue weighted by molar-refractivity contribution is -0.0749.